The molecule has 0 aliphatic carbocycles. The molecule has 0 bridgehead atoms. The third-order valence-corrected chi connectivity index (χ3v) is 3.11. The molecule has 1 rings (SSSR count). The van der Waals surface area contributed by atoms with Gasteiger partial charge in [0.1, 0.15) is 5.75 Å². The van der Waals surface area contributed by atoms with E-state index in [9.17, 15) is 4.79 Å². The minimum Gasteiger partial charge on any atom is -0.492 e. The summed E-state index contributed by atoms with van der Waals surface area (Å²) in [5.74, 6) is 0.634. The number of hydrogen-bond acceptors (Lipinski definition) is 3. The summed E-state index contributed by atoms with van der Waals surface area (Å²) in [6.45, 7) is 3.16. The van der Waals surface area contributed by atoms with Crippen molar-refractivity contribution in [2.45, 2.75) is 39.0 Å². The lowest BCUT2D eigenvalue weighted by atomic mass is 10.1. The number of carbonyl (C=O) groups is 1. The van der Waals surface area contributed by atoms with Crippen LogP contribution in [-0.2, 0) is 4.79 Å². The third-order valence-electron chi connectivity index (χ3n) is 2.87. The topological polar surface area (TPSA) is 64.3 Å². The highest BCUT2D eigenvalue weighted by atomic mass is 35.5. The van der Waals surface area contributed by atoms with Crippen molar-refractivity contribution in [1.82, 2.24) is 0 Å². The van der Waals surface area contributed by atoms with Crippen LogP contribution in [0.3, 0.4) is 0 Å². The molecule has 0 heterocycles. The number of benzene rings is 1. The number of anilines is 1. The Morgan fingerprint density at radius 1 is 1.30 bits per heavy atom. The van der Waals surface area contributed by atoms with Crippen LogP contribution in [0, 0.1) is 0 Å². The first kappa shape index (κ1) is 16.8. The molecule has 0 aromatic heterocycles. The molecule has 0 atom stereocenters. The van der Waals surface area contributed by atoms with Crippen LogP contribution in [0.15, 0.2) is 18.2 Å². The van der Waals surface area contributed by atoms with Gasteiger partial charge in [-0.2, -0.15) is 0 Å². The molecule has 1 aromatic rings. The van der Waals surface area contributed by atoms with Crippen LogP contribution in [0.4, 0.5) is 5.69 Å². The Bertz CT molecular complexity index is 424. The number of carbonyl (C=O) groups excluding carboxylic acids is 1. The van der Waals surface area contributed by atoms with E-state index in [1.165, 1.54) is 0 Å². The quantitative estimate of drug-likeness (QED) is 0.685. The van der Waals surface area contributed by atoms with Gasteiger partial charge in [-0.05, 0) is 44.5 Å². The maximum Gasteiger partial charge on any atom is 0.224 e. The van der Waals surface area contributed by atoms with E-state index in [1.54, 1.807) is 18.2 Å². The molecule has 5 heteroatoms. The van der Waals surface area contributed by atoms with Crippen molar-refractivity contribution < 1.29 is 9.53 Å². The van der Waals surface area contributed by atoms with Gasteiger partial charge in [0.25, 0.3) is 0 Å². The minimum atomic E-state index is -0.0130. The van der Waals surface area contributed by atoms with E-state index in [2.05, 4.69) is 5.32 Å². The van der Waals surface area contributed by atoms with E-state index in [-0.39, 0.29) is 5.91 Å². The minimum absolute atomic E-state index is 0.0130. The summed E-state index contributed by atoms with van der Waals surface area (Å²) in [5.41, 5.74) is 6.06. The predicted octanol–water partition coefficient (Wildman–Crippen LogP) is 3.59. The number of hydrogen-bond donors (Lipinski definition) is 2. The van der Waals surface area contributed by atoms with E-state index >= 15 is 0 Å². The second kappa shape index (κ2) is 9.61. The number of rotatable bonds is 9. The van der Waals surface area contributed by atoms with Crippen LogP contribution < -0.4 is 15.8 Å². The number of amides is 1. The largest absolute Gasteiger partial charge is 0.492 e. The maximum atomic E-state index is 11.9. The summed E-state index contributed by atoms with van der Waals surface area (Å²) in [4.78, 5) is 11.9. The average molecular weight is 299 g/mol. The highest BCUT2D eigenvalue weighted by Gasteiger charge is 2.08. The molecule has 0 aliphatic rings. The summed E-state index contributed by atoms with van der Waals surface area (Å²) in [6, 6.07) is 5.22. The van der Waals surface area contributed by atoms with Gasteiger partial charge in [-0.1, -0.05) is 24.4 Å². The van der Waals surface area contributed by atoms with Gasteiger partial charge in [0.05, 0.1) is 12.3 Å². The molecule has 0 saturated heterocycles. The summed E-state index contributed by atoms with van der Waals surface area (Å²) < 4.78 is 5.46. The molecule has 1 amide bonds. The molecule has 0 spiro atoms. The fourth-order valence-electron chi connectivity index (χ4n) is 1.88. The first-order valence-electron chi connectivity index (χ1n) is 7.09. The summed E-state index contributed by atoms with van der Waals surface area (Å²) in [5, 5.41) is 3.43. The van der Waals surface area contributed by atoms with Gasteiger partial charge in [-0.3, -0.25) is 4.79 Å². The lowest BCUT2D eigenvalue weighted by molar-refractivity contribution is -0.116. The Hall–Kier alpha value is -1.26. The Labute approximate surface area is 125 Å². The molecule has 0 radical (unpaired) electrons. The SMILES string of the molecule is CCOc1ccc(Cl)cc1NC(=O)CCCCCCN. The summed E-state index contributed by atoms with van der Waals surface area (Å²) in [6.07, 6.45) is 4.49. The Morgan fingerprint density at radius 2 is 2.05 bits per heavy atom. The number of ether oxygens (including phenoxy) is 1. The highest BCUT2D eigenvalue weighted by molar-refractivity contribution is 6.31. The van der Waals surface area contributed by atoms with Crippen molar-refractivity contribution in [3.8, 4) is 5.75 Å². The van der Waals surface area contributed by atoms with Crippen molar-refractivity contribution in [2.75, 3.05) is 18.5 Å². The zero-order valence-corrected chi connectivity index (χ0v) is 12.7. The molecule has 0 unspecified atom stereocenters. The molecule has 0 saturated carbocycles. The first-order chi connectivity index (χ1) is 9.67. The summed E-state index contributed by atoms with van der Waals surface area (Å²) >= 11 is 5.94. The van der Waals surface area contributed by atoms with E-state index in [1.807, 2.05) is 6.92 Å². The Kier molecular flexibility index (Phi) is 8.07. The molecule has 1 aromatic carbocycles. The molecule has 20 heavy (non-hydrogen) atoms. The van der Waals surface area contributed by atoms with E-state index in [0.717, 1.165) is 25.7 Å². The summed E-state index contributed by atoms with van der Waals surface area (Å²) in [7, 11) is 0. The van der Waals surface area contributed by atoms with E-state index in [4.69, 9.17) is 22.1 Å². The third kappa shape index (κ3) is 6.26. The highest BCUT2D eigenvalue weighted by Crippen LogP contribution is 2.28. The molecular weight excluding hydrogens is 276 g/mol. The Morgan fingerprint density at radius 3 is 2.75 bits per heavy atom. The normalized spacial score (nSPS) is 10.3. The molecule has 112 valence electrons. The van der Waals surface area contributed by atoms with Gasteiger partial charge in [0.15, 0.2) is 0 Å². The van der Waals surface area contributed by atoms with Gasteiger partial charge in [0, 0.05) is 11.4 Å². The zero-order valence-electron chi connectivity index (χ0n) is 12.0. The fourth-order valence-corrected chi connectivity index (χ4v) is 2.05. The van der Waals surface area contributed by atoms with Crippen molar-refractivity contribution in [1.29, 1.82) is 0 Å². The molecular formula is C15H23ClN2O2. The second-order valence-corrected chi connectivity index (χ2v) is 5.01. The lowest BCUT2D eigenvalue weighted by Crippen LogP contribution is -2.12. The number of nitrogens with two attached hydrogens (primary N) is 1. The number of nitrogens with one attached hydrogen (secondary N) is 1. The van der Waals surface area contributed by atoms with Crippen LogP contribution >= 0.6 is 11.6 Å². The van der Waals surface area contributed by atoms with Crippen molar-refractivity contribution in [3.05, 3.63) is 23.2 Å². The van der Waals surface area contributed by atoms with Gasteiger partial charge in [-0.15, -0.1) is 0 Å². The molecule has 0 aliphatic heterocycles. The molecule has 4 nitrogen and oxygen atoms in total. The standard InChI is InChI=1S/C15H23ClN2O2/c1-2-20-14-9-8-12(16)11-13(14)18-15(19)7-5-3-4-6-10-17/h8-9,11H,2-7,10,17H2,1H3,(H,18,19). The monoisotopic (exact) mass is 298 g/mol. The van der Waals surface area contributed by atoms with Crippen LogP contribution in [0.2, 0.25) is 5.02 Å². The number of halogens is 1. The molecule has 0 fully saturated rings. The van der Waals surface area contributed by atoms with Crippen LogP contribution in [0.5, 0.6) is 5.75 Å². The fraction of sp³-hybridized carbons (Fsp3) is 0.533. The van der Waals surface area contributed by atoms with Crippen LogP contribution in [0.25, 0.3) is 0 Å². The maximum absolute atomic E-state index is 11.9. The molecule has 3 N–H and O–H groups in total. The van der Waals surface area contributed by atoms with Gasteiger partial charge >= 0.3 is 0 Å². The lowest BCUT2D eigenvalue weighted by Gasteiger charge is -2.11. The average Bonchev–Trinajstić information content (AvgIpc) is 2.42. The van der Waals surface area contributed by atoms with E-state index in [0.29, 0.717) is 36.0 Å². The first-order valence-corrected chi connectivity index (χ1v) is 7.47. The van der Waals surface area contributed by atoms with Crippen molar-refractivity contribution in [3.63, 3.8) is 0 Å². The van der Waals surface area contributed by atoms with E-state index < -0.39 is 0 Å². The predicted molar refractivity (Wildman–Crippen MR) is 83.4 cm³/mol. The smallest absolute Gasteiger partial charge is 0.224 e. The Balaban J connectivity index is 2.46. The van der Waals surface area contributed by atoms with Crippen LogP contribution in [0.1, 0.15) is 39.0 Å². The van der Waals surface area contributed by atoms with Gasteiger partial charge < -0.3 is 15.8 Å². The second-order valence-electron chi connectivity index (χ2n) is 4.57. The van der Waals surface area contributed by atoms with Crippen molar-refractivity contribution >= 4 is 23.2 Å². The van der Waals surface area contributed by atoms with Gasteiger partial charge in [0.2, 0.25) is 5.91 Å². The zero-order chi connectivity index (χ0) is 14.8. The number of unbranched alkanes of at least 4 members (excludes halogenated alkanes) is 3. The van der Waals surface area contributed by atoms with Crippen LogP contribution in [-0.4, -0.2) is 19.1 Å². The van der Waals surface area contributed by atoms with Crippen molar-refractivity contribution in [2.24, 2.45) is 5.73 Å². The van der Waals surface area contributed by atoms with Gasteiger partial charge in [-0.25, -0.2) is 0 Å².